The van der Waals surface area contributed by atoms with Crippen LogP contribution >= 0.6 is 0 Å². The number of alkyl halides is 3. The number of aromatic nitrogens is 2. The molecule has 1 N–H and O–H groups in total. The molecule has 0 spiro atoms. The van der Waals surface area contributed by atoms with Crippen LogP contribution < -0.4 is 10.2 Å². The van der Waals surface area contributed by atoms with E-state index >= 15 is 0 Å². The van der Waals surface area contributed by atoms with Gasteiger partial charge in [-0.25, -0.2) is 9.97 Å². The van der Waals surface area contributed by atoms with Crippen LogP contribution in [0.15, 0.2) is 54.5 Å². The number of hydrogen-bond acceptors (Lipinski definition) is 6. The molecule has 2 heterocycles. The van der Waals surface area contributed by atoms with Gasteiger partial charge >= 0.3 is 6.18 Å². The third-order valence-electron chi connectivity index (χ3n) is 4.31. The smallest absolute Gasteiger partial charge is 0.373 e. The summed E-state index contributed by atoms with van der Waals surface area (Å²) in [5.41, 5.74) is -1.63. The van der Waals surface area contributed by atoms with E-state index in [1.54, 1.807) is 29.4 Å². The molecule has 1 aliphatic rings. The summed E-state index contributed by atoms with van der Waals surface area (Å²) >= 11 is 0. The Bertz CT molecular complexity index is 931. The summed E-state index contributed by atoms with van der Waals surface area (Å²) < 4.78 is 39.2. The largest absolute Gasteiger partial charge is 0.418 e. The lowest BCUT2D eigenvalue weighted by molar-refractivity contribution is -0.137. The average molecular weight is 402 g/mol. The molecule has 1 saturated heterocycles. The van der Waals surface area contributed by atoms with E-state index in [4.69, 9.17) is 0 Å². The summed E-state index contributed by atoms with van der Waals surface area (Å²) in [7, 11) is 0. The number of nitriles is 1. The normalized spacial score (nSPS) is 15.0. The Kier molecular flexibility index (Phi) is 5.97. The summed E-state index contributed by atoms with van der Waals surface area (Å²) in [6.07, 6.45) is 0.0436. The van der Waals surface area contributed by atoms with Gasteiger partial charge in [0.05, 0.1) is 11.3 Å². The molecule has 1 aromatic carbocycles. The van der Waals surface area contributed by atoms with Crippen molar-refractivity contribution in [3.05, 3.63) is 60.1 Å². The van der Waals surface area contributed by atoms with Gasteiger partial charge in [-0.3, -0.25) is 4.79 Å². The maximum absolute atomic E-state index is 13.1. The third-order valence-corrected chi connectivity index (χ3v) is 4.31. The molecule has 0 saturated carbocycles. The van der Waals surface area contributed by atoms with Crippen molar-refractivity contribution in [1.29, 1.82) is 5.26 Å². The molecule has 1 aromatic heterocycles. The van der Waals surface area contributed by atoms with E-state index in [-0.39, 0.29) is 5.57 Å². The van der Waals surface area contributed by atoms with Crippen molar-refractivity contribution in [3.8, 4) is 6.07 Å². The van der Waals surface area contributed by atoms with E-state index in [0.717, 1.165) is 12.1 Å². The quantitative estimate of drug-likeness (QED) is 0.625. The predicted octanol–water partition coefficient (Wildman–Crippen LogP) is 2.66. The Morgan fingerprint density at radius 1 is 1.10 bits per heavy atom. The molecule has 0 unspecified atom stereocenters. The molecule has 10 heteroatoms. The molecular weight excluding hydrogens is 385 g/mol. The van der Waals surface area contributed by atoms with E-state index in [1.165, 1.54) is 18.3 Å². The van der Waals surface area contributed by atoms with Crippen molar-refractivity contribution < 1.29 is 18.0 Å². The van der Waals surface area contributed by atoms with Crippen molar-refractivity contribution in [2.45, 2.75) is 6.18 Å². The number of amides is 1. The number of piperazine rings is 1. The van der Waals surface area contributed by atoms with Gasteiger partial charge in [0.15, 0.2) is 0 Å². The molecule has 0 aliphatic carbocycles. The summed E-state index contributed by atoms with van der Waals surface area (Å²) in [6, 6.07) is 8.11. The van der Waals surface area contributed by atoms with Gasteiger partial charge in [0, 0.05) is 44.8 Å². The fourth-order valence-electron chi connectivity index (χ4n) is 2.86. The van der Waals surface area contributed by atoms with E-state index in [0.29, 0.717) is 32.1 Å². The number of carbonyl (C=O) groups is 1. The Hall–Kier alpha value is -3.61. The van der Waals surface area contributed by atoms with Gasteiger partial charge < -0.3 is 15.1 Å². The number of nitrogens with zero attached hydrogens (tertiary/aromatic N) is 5. The van der Waals surface area contributed by atoms with Gasteiger partial charge in [0.2, 0.25) is 5.95 Å². The predicted molar refractivity (Wildman–Crippen MR) is 99.6 cm³/mol. The first-order valence-corrected chi connectivity index (χ1v) is 8.74. The molecule has 29 heavy (non-hydrogen) atoms. The zero-order chi connectivity index (χ0) is 20.9. The van der Waals surface area contributed by atoms with E-state index in [2.05, 4.69) is 15.3 Å². The maximum atomic E-state index is 13.1. The van der Waals surface area contributed by atoms with Crippen molar-refractivity contribution in [3.63, 3.8) is 0 Å². The maximum Gasteiger partial charge on any atom is 0.418 e. The standard InChI is InChI=1S/C19H17F3N6O/c20-19(21,22)15-4-1-2-5-16(15)26-17(29)14(12-23)13-27-8-10-28(11-9-27)18-24-6-3-7-25-18/h1-7,13H,8-11H2,(H,26,29)/b14-13-. The first-order valence-electron chi connectivity index (χ1n) is 8.74. The van der Waals surface area contributed by atoms with Gasteiger partial charge in [-0.15, -0.1) is 0 Å². The molecule has 7 nitrogen and oxygen atoms in total. The fraction of sp³-hybridized carbons (Fsp3) is 0.263. The van der Waals surface area contributed by atoms with E-state index < -0.39 is 23.3 Å². The molecule has 0 atom stereocenters. The number of anilines is 2. The van der Waals surface area contributed by atoms with Crippen molar-refractivity contribution >= 4 is 17.5 Å². The number of hydrogen-bond donors (Lipinski definition) is 1. The molecule has 1 aliphatic heterocycles. The van der Waals surface area contributed by atoms with Crippen LogP contribution in [-0.2, 0) is 11.0 Å². The number of nitrogens with one attached hydrogen (secondary N) is 1. The number of benzene rings is 1. The number of rotatable bonds is 4. The number of para-hydroxylation sites is 1. The molecule has 1 fully saturated rings. The molecule has 2 aromatic rings. The minimum absolute atomic E-state index is 0.272. The Morgan fingerprint density at radius 2 is 1.76 bits per heavy atom. The van der Waals surface area contributed by atoms with Crippen LogP contribution in [0.25, 0.3) is 0 Å². The van der Waals surface area contributed by atoms with Crippen LogP contribution in [0.3, 0.4) is 0 Å². The topological polar surface area (TPSA) is 85.2 Å². The van der Waals surface area contributed by atoms with Crippen LogP contribution in [0.1, 0.15) is 5.56 Å². The molecule has 0 radical (unpaired) electrons. The lowest BCUT2D eigenvalue weighted by Gasteiger charge is -2.34. The highest BCUT2D eigenvalue weighted by Crippen LogP contribution is 2.34. The van der Waals surface area contributed by atoms with Gasteiger partial charge in [-0.05, 0) is 18.2 Å². The highest BCUT2D eigenvalue weighted by molar-refractivity contribution is 6.06. The minimum Gasteiger partial charge on any atom is -0.373 e. The van der Waals surface area contributed by atoms with Gasteiger partial charge in [-0.1, -0.05) is 12.1 Å². The van der Waals surface area contributed by atoms with Crippen LogP contribution in [0.4, 0.5) is 24.8 Å². The second-order valence-electron chi connectivity index (χ2n) is 6.22. The van der Waals surface area contributed by atoms with Gasteiger partial charge in [0.25, 0.3) is 5.91 Å². The highest BCUT2D eigenvalue weighted by Gasteiger charge is 2.33. The number of carbonyl (C=O) groups excluding carboxylic acids is 1. The zero-order valence-electron chi connectivity index (χ0n) is 15.2. The molecule has 0 bridgehead atoms. The van der Waals surface area contributed by atoms with Crippen molar-refractivity contribution in [1.82, 2.24) is 14.9 Å². The van der Waals surface area contributed by atoms with Crippen LogP contribution in [0.2, 0.25) is 0 Å². The lowest BCUT2D eigenvalue weighted by Crippen LogP contribution is -2.45. The zero-order valence-corrected chi connectivity index (χ0v) is 15.2. The fourth-order valence-corrected chi connectivity index (χ4v) is 2.86. The lowest BCUT2D eigenvalue weighted by atomic mass is 10.1. The summed E-state index contributed by atoms with van der Waals surface area (Å²) in [5, 5.41) is 11.5. The molecule has 150 valence electrons. The summed E-state index contributed by atoms with van der Waals surface area (Å²) in [5.74, 6) is -0.295. The highest BCUT2D eigenvalue weighted by atomic mass is 19.4. The average Bonchev–Trinajstić information content (AvgIpc) is 2.72. The first-order chi connectivity index (χ1) is 13.9. The van der Waals surface area contributed by atoms with E-state index in [9.17, 15) is 23.2 Å². The van der Waals surface area contributed by atoms with Crippen molar-refractivity contribution in [2.24, 2.45) is 0 Å². The second kappa shape index (κ2) is 8.60. The molecule has 1 amide bonds. The van der Waals surface area contributed by atoms with Gasteiger partial charge in [-0.2, -0.15) is 18.4 Å². The van der Waals surface area contributed by atoms with Crippen LogP contribution in [0.5, 0.6) is 0 Å². The van der Waals surface area contributed by atoms with Gasteiger partial charge in [0.1, 0.15) is 11.6 Å². The first kappa shape index (κ1) is 20.1. The summed E-state index contributed by atoms with van der Waals surface area (Å²) in [4.78, 5) is 24.5. The minimum atomic E-state index is -4.61. The Balaban J connectivity index is 1.67. The Labute approximate surface area is 165 Å². The third kappa shape index (κ3) is 5.01. The Morgan fingerprint density at radius 3 is 2.38 bits per heavy atom. The van der Waals surface area contributed by atoms with Crippen LogP contribution in [0, 0.1) is 11.3 Å². The molecule has 3 rings (SSSR count). The SMILES string of the molecule is N#C/C(=C/N1CCN(c2ncccn2)CC1)C(=O)Nc1ccccc1C(F)(F)F. The number of halogens is 3. The second-order valence-corrected chi connectivity index (χ2v) is 6.22. The van der Waals surface area contributed by atoms with Crippen molar-refractivity contribution in [2.75, 3.05) is 36.4 Å². The summed E-state index contributed by atoms with van der Waals surface area (Å²) in [6.45, 7) is 2.18. The molecular formula is C19H17F3N6O. The van der Waals surface area contributed by atoms with Crippen LogP contribution in [-0.4, -0.2) is 47.0 Å². The van der Waals surface area contributed by atoms with E-state index in [1.807, 2.05) is 4.90 Å². The monoisotopic (exact) mass is 402 g/mol.